The molecule has 2 aromatic rings. The molecule has 5 heteroatoms. The first kappa shape index (κ1) is 12.9. The summed E-state index contributed by atoms with van der Waals surface area (Å²) in [7, 11) is 2.03. The number of nitrogens with zero attached hydrogens (tertiary/aromatic N) is 4. The number of hydrogen-bond donors (Lipinski definition) is 0. The maximum atomic E-state index is 5.92. The van der Waals surface area contributed by atoms with Crippen molar-refractivity contribution in [1.29, 1.82) is 0 Å². The number of hydrogen-bond acceptors (Lipinski definition) is 4. The van der Waals surface area contributed by atoms with E-state index in [9.17, 15) is 0 Å². The highest BCUT2D eigenvalue weighted by molar-refractivity contribution is 6.29. The van der Waals surface area contributed by atoms with Crippen molar-refractivity contribution < 1.29 is 0 Å². The van der Waals surface area contributed by atoms with Gasteiger partial charge in [0.15, 0.2) is 0 Å². The van der Waals surface area contributed by atoms with Crippen LogP contribution in [0.1, 0.15) is 17.1 Å². The highest BCUT2D eigenvalue weighted by Crippen LogP contribution is 2.09. The molecule has 0 aliphatic heterocycles. The van der Waals surface area contributed by atoms with Crippen molar-refractivity contribution in [2.45, 2.75) is 20.0 Å². The van der Waals surface area contributed by atoms with Crippen LogP contribution in [-0.4, -0.2) is 26.9 Å². The van der Waals surface area contributed by atoms with Crippen molar-refractivity contribution in [3.63, 3.8) is 0 Å². The van der Waals surface area contributed by atoms with Crippen molar-refractivity contribution in [3.8, 4) is 0 Å². The number of pyridine rings is 1. The second-order valence-corrected chi connectivity index (χ2v) is 4.66. The average molecular weight is 263 g/mol. The predicted molar refractivity (Wildman–Crippen MR) is 71.2 cm³/mol. The predicted octanol–water partition coefficient (Wildman–Crippen LogP) is 2.47. The minimum Gasteiger partial charge on any atom is -0.295 e. The molecule has 18 heavy (non-hydrogen) atoms. The second-order valence-electron chi connectivity index (χ2n) is 4.28. The molecule has 0 bridgehead atoms. The van der Waals surface area contributed by atoms with Gasteiger partial charge in [0.2, 0.25) is 0 Å². The van der Waals surface area contributed by atoms with Crippen molar-refractivity contribution in [2.24, 2.45) is 0 Å². The van der Waals surface area contributed by atoms with E-state index >= 15 is 0 Å². The third kappa shape index (κ3) is 3.75. The average Bonchev–Trinajstić information content (AvgIpc) is 2.28. The lowest BCUT2D eigenvalue weighted by molar-refractivity contribution is 0.310. The number of aryl methyl sites for hydroxylation is 1. The molecular formula is C13H15ClN4. The number of rotatable bonds is 4. The van der Waals surface area contributed by atoms with Crippen molar-refractivity contribution in [1.82, 2.24) is 19.9 Å². The highest BCUT2D eigenvalue weighted by Gasteiger charge is 2.05. The Labute approximate surface area is 112 Å². The van der Waals surface area contributed by atoms with Gasteiger partial charge in [0.1, 0.15) is 11.0 Å². The van der Waals surface area contributed by atoms with Crippen LogP contribution < -0.4 is 0 Å². The fourth-order valence-corrected chi connectivity index (χ4v) is 2.01. The van der Waals surface area contributed by atoms with E-state index in [1.54, 1.807) is 18.5 Å². The zero-order valence-electron chi connectivity index (χ0n) is 10.5. The van der Waals surface area contributed by atoms with Gasteiger partial charge in [0.25, 0.3) is 0 Å². The third-order valence-corrected chi connectivity index (χ3v) is 2.68. The summed E-state index contributed by atoms with van der Waals surface area (Å²) in [5, 5.41) is 0.495. The van der Waals surface area contributed by atoms with Crippen LogP contribution in [0.4, 0.5) is 0 Å². The van der Waals surface area contributed by atoms with Crippen LogP contribution in [0.2, 0.25) is 5.15 Å². The fraction of sp³-hybridized carbons (Fsp3) is 0.308. The number of aromatic nitrogens is 3. The molecule has 0 aromatic carbocycles. The lowest BCUT2D eigenvalue weighted by atomic mass is 10.2. The number of halogens is 1. The van der Waals surface area contributed by atoms with E-state index in [1.165, 1.54) is 5.56 Å². The molecule has 2 aromatic heterocycles. The summed E-state index contributed by atoms with van der Waals surface area (Å²) in [4.78, 5) is 14.7. The zero-order chi connectivity index (χ0) is 13.0. The molecule has 0 unspecified atom stereocenters. The standard InChI is InChI=1S/C13H15ClN4/c1-10-7-12(14)17-13(16-10)9-18(2)8-11-3-5-15-6-4-11/h3-7H,8-9H2,1-2H3. The van der Waals surface area contributed by atoms with E-state index in [0.29, 0.717) is 11.7 Å². The van der Waals surface area contributed by atoms with Crippen molar-refractivity contribution in [2.75, 3.05) is 7.05 Å². The van der Waals surface area contributed by atoms with E-state index in [0.717, 1.165) is 18.1 Å². The van der Waals surface area contributed by atoms with E-state index in [-0.39, 0.29) is 0 Å². The van der Waals surface area contributed by atoms with Gasteiger partial charge in [-0.25, -0.2) is 9.97 Å². The molecule has 2 rings (SSSR count). The van der Waals surface area contributed by atoms with E-state index in [1.807, 2.05) is 26.1 Å². The zero-order valence-corrected chi connectivity index (χ0v) is 11.2. The normalized spacial score (nSPS) is 10.9. The Morgan fingerprint density at radius 2 is 1.89 bits per heavy atom. The SMILES string of the molecule is Cc1cc(Cl)nc(CN(C)Cc2ccncc2)n1. The molecule has 0 radical (unpaired) electrons. The lowest BCUT2D eigenvalue weighted by Gasteiger charge is -2.15. The van der Waals surface area contributed by atoms with Crippen LogP contribution in [-0.2, 0) is 13.1 Å². The summed E-state index contributed by atoms with van der Waals surface area (Å²) in [6.07, 6.45) is 3.59. The highest BCUT2D eigenvalue weighted by atomic mass is 35.5. The van der Waals surface area contributed by atoms with E-state index in [4.69, 9.17) is 11.6 Å². The molecule has 0 fully saturated rings. The molecule has 4 nitrogen and oxygen atoms in total. The van der Waals surface area contributed by atoms with Crippen LogP contribution >= 0.6 is 11.6 Å². The summed E-state index contributed by atoms with van der Waals surface area (Å²) in [6, 6.07) is 5.76. The molecule has 0 amide bonds. The van der Waals surface area contributed by atoms with Crippen LogP contribution in [0.25, 0.3) is 0 Å². The minimum atomic E-state index is 0.495. The van der Waals surface area contributed by atoms with Gasteiger partial charge < -0.3 is 0 Å². The molecule has 94 valence electrons. The monoisotopic (exact) mass is 262 g/mol. The first-order chi connectivity index (χ1) is 8.63. The second kappa shape index (κ2) is 5.89. The van der Waals surface area contributed by atoms with Crippen LogP contribution in [0.15, 0.2) is 30.6 Å². The van der Waals surface area contributed by atoms with Crippen LogP contribution in [0, 0.1) is 6.92 Å². The van der Waals surface area contributed by atoms with E-state index < -0.39 is 0 Å². The smallest absolute Gasteiger partial charge is 0.144 e. The summed E-state index contributed by atoms with van der Waals surface area (Å²) >= 11 is 5.92. The fourth-order valence-electron chi connectivity index (χ4n) is 1.76. The van der Waals surface area contributed by atoms with Crippen LogP contribution in [0.5, 0.6) is 0 Å². The Morgan fingerprint density at radius 1 is 1.17 bits per heavy atom. The molecule has 2 heterocycles. The van der Waals surface area contributed by atoms with E-state index in [2.05, 4.69) is 19.9 Å². The van der Waals surface area contributed by atoms with Crippen molar-refractivity contribution >= 4 is 11.6 Å². The Balaban J connectivity index is 2.01. The summed E-state index contributed by atoms with van der Waals surface area (Å²) in [5.41, 5.74) is 2.11. The Bertz CT molecular complexity index is 495. The summed E-state index contributed by atoms with van der Waals surface area (Å²) in [5.74, 6) is 0.747. The van der Waals surface area contributed by atoms with Gasteiger partial charge in [-0.05, 0) is 37.7 Å². The quantitative estimate of drug-likeness (QED) is 0.794. The van der Waals surface area contributed by atoms with Gasteiger partial charge in [-0.3, -0.25) is 9.88 Å². The molecule has 0 saturated heterocycles. The first-order valence-corrected chi connectivity index (χ1v) is 6.09. The molecule has 0 atom stereocenters. The van der Waals surface area contributed by atoms with Gasteiger partial charge >= 0.3 is 0 Å². The molecule has 0 saturated carbocycles. The maximum Gasteiger partial charge on any atom is 0.144 e. The molecule has 0 aliphatic rings. The largest absolute Gasteiger partial charge is 0.295 e. The van der Waals surface area contributed by atoms with Gasteiger partial charge in [-0.15, -0.1) is 0 Å². The minimum absolute atomic E-state index is 0.495. The van der Waals surface area contributed by atoms with Gasteiger partial charge in [-0.1, -0.05) is 11.6 Å². The lowest BCUT2D eigenvalue weighted by Crippen LogP contribution is -2.19. The molecular weight excluding hydrogens is 248 g/mol. The van der Waals surface area contributed by atoms with Gasteiger partial charge in [0, 0.05) is 24.6 Å². The Hall–Kier alpha value is -1.52. The summed E-state index contributed by atoms with van der Waals surface area (Å²) in [6.45, 7) is 3.42. The van der Waals surface area contributed by atoms with Crippen molar-refractivity contribution in [3.05, 3.63) is 52.8 Å². The van der Waals surface area contributed by atoms with Gasteiger partial charge in [-0.2, -0.15) is 0 Å². The first-order valence-electron chi connectivity index (χ1n) is 5.71. The third-order valence-electron chi connectivity index (χ3n) is 2.48. The Morgan fingerprint density at radius 3 is 2.56 bits per heavy atom. The molecule has 0 N–H and O–H groups in total. The van der Waals surface area contributed by atoms with Gasteiger partial charge in [0.05, 0.1) is 6.54 Å². The molecule has 0 spiro atoms. The van der Waals surface area contributed by atoms with Crippen LogP contribution in [0.3, 0.4) is 0 Å². The topological polar surface area (TPSA) is 41.9 Å². The maximum absolute atomic E-state index is 5.92. The Kier molecular flexibility index (Phi) is 4.23. The molecule has 0 aliphatic carbocycles. The summed E-state index contributed by atoms with van der Waals surface area (Å²) < 4.78 is 0.